The summed E-state index contributed by atoms with van der Waals surface area (Å²) in [6.45, 7) is 1.96. The molecule has 0 saturated heterocycles. The van der Waals surface area contributed by atoms with E-state index in [9.17, 15) is 22.8 Å². The molecule has 0 N–H and O–H groups in total. The fraction of sp³-hybridized carbons (Fsp3) is 0.467. The highest BCUT2D eigenvalue weighted by Crippen LogP contribution is 2.43. The van der Waals surface area contributed by atoms with Gasteiger partial charge in [-0.25, -0.2) is 4.79 Å². The van der Waals surface area contributed by atoms with Crippen molar-refractivity contribution in [2.45, 2.75) is 38.0 Å². The third-order valence-corrected chi connectivity index (χ3v) is 3.69. The first-order chi connectivity index (χ1) is 10.3. The lowest BCUT2D eigenvalue weighted by Crippen LogP contribution is -2.43. The van der Waals surface area contributed by atoms with Crippen LogP contribution in [0.1, 0.15) is 30.9 Å². The Bertz CT molecular complexity index is 550. The lowest BCUT2D eigenvalue weighted by Gasteiger charge is -2.26. The van der Waals surface area contributed by atoms with Crippen molar-refractivity contribution in [1.82, 2.24) is 4.90 Å². The van der Waals surface area contributed by atoms with Crippen molar-refractivity contribution in [3.8, 4) is 0 Å². The zero-order chi connectivity index (χ0) is 16.4. The number of rotatable bonds is 6. The lowest BCUT2D eigenvalue weighted by atomic mass is 10.1. The number of alkyl halides is 3. The molecule has 22 heavy (non-hydrogen) atoms. The van der Waals surface area contributed by atoms with Gasteiger partial charge in [0.05, 0.1) is 12.2 Å². The second kappa shape index (κ2) is 5.98. The molecule has 1 aromatic rings. The smallest absolute Gasteiger partial charge is 0.416 e. The minimum Gasteiger partial charge on any atom is -0.464 e. The van der Waals surface area contributed by atoms with Crippen LogP contribution >= 0.6 is 0 Å². The molecule has 0 heterocycles. The standard InChI is InChI=1S/C15H16F3NO3/c1-2-22-13(21)14(7-8-14)19(10-20)9-11-3-5-12(6-4-11)15(16,17)18/h3-6,10H,2,7-9H2,1H3. The zero-order valence-electron chi connectivity index (χ0n) is 12.0. The van der Waals surface area contributed by atoms with Gasteiger partial charge in [-0.2, -0.15) is 13.2 Å². The van der Waals surface area contributed by atoms with E-state index in [1.54, 1.807) is 6.92 Å². The van der Waals surface area contributed by atoms with Crippen LogP contribution in [0.2, 0.25) is 0 Å². The van der Waals surface area contributed by atoms with Gasteiger partial charge in [0.2, 0.25) is 6.41 Å². The normalized spacial score (nSPS) is 16.0. The molecular formula is C15H16F3NO3. The highest BCUT2D eigenvalue weighted by molar-refractivity contribution is 5.86. The predicted octanol–water partition coefficient (Wildman–Crippen LogP) is 2.76. The molecule has 1 aromatic carbocycles. The van der Waals surface area contributed by atoms with Gasteiger partial charge in [0.25, 0.3) is 0 Å². The van der Waals surface area contributed by atoms with E-state index in [0.717, 1.165) is 12.1 Å². The van der Waals surface area contributed by atoms with Crippen LogP contribution in [0.25, 0.3) is 0 Å². The van der Waals surface area contributed by atoms with Gasteiger partial charge in [0.1, 0.15) is 5.54 Å². The molecule has 0 unspecified atom stereocenters. The van der Waals surface area contributed by atoms with Crippen LogP contribution in [-0.4, -0.2) is 29.4 Å². The van der Waals surface area contributed by atoms with Crippen molar-refractivity contribution in [2.24, 2.45) is 0 Å². The average molecular weight is 315 g/mol. The Morgan fingerprint density at radius 1 is 1.32 bits per heavy atom. The monoisotopic (exact) mass is 315 g/mol. The number of esters is 1. The Morgan fingerprint density at radius 2 is 1.91 bits per heavy atom. The van der Waals surface area contributed by atoms with Crippen molar-refractivity contribution in [2.75, 3.05) is 6.61 Å². The Kier molecular flexibility index (Phi) is 4.44. The SMILES string of the molecule is CCOC(=O)C1(N(C=O)Cc2ccc(C(F)(F)F)cc2)CC1. The first kappa shape index (κ1) is 16.3. The maximum atomic E-state index is 12.5. The van der Waals surface area contributed by atoms with E-state index in [-0.39, 0.29) is 13.2 Å². The van der Waals surface area contributed by atoms with Gasteiger partial charge in [-0.1, -0.05) is 12.1 Å². The largest absolute Gasteiger partial charge is 0.464 e. The summed E-state index contributed by atoms with van der Waals surface area (Å²) >= 11 is 0. The Hall–Kier alpha value is -2.05. The number of benzene rings is 1. The minimum absolute atomic E-state index is 0.0699. The van der Waals surface area contributed by atoms with Crippen LogP contribution in [0, 0.1) is 0 Å². The van der Waals surface area contributed by atoms with E-state index in [2.05, 4.69) is 0 Å². The summed E-state index contributed by atoms with van der Waals surface area (Å²) in [5, 5.41) is 0. The predicted molar refractivity (Wildman–Crippen MR) is 71.6 cm³/mol. The number of nitrogens with zero attached hydrogens (tertiary/aromatic N) is 1. The van der Waals surface area contributed by atoms with Gasteiger partial charge in [0, 0.05) is 6.54 Å². The Balaban J connectivity index is 2.11. The third kappa shape index (κ3) is 3.23. The molecule has 0 spiro atoms. The summed E-state index contributed by atoms with van der Waals surface area (Å²) in [5.74, 6) is -0.464. The average Bonchev–Trinajstić information content (AvgIpc) is 3.26. The van der Waals surface area contributed by atoms with Crippen LogP contribution in [0.15, 0.2) is 24.3 Å². The highest BCUT2D eigenvalue weighted by Gasteiger charge is 2.56. The number of halogens is 3. The molecular weight excluding hydrogens is 299 g/mol. The van der Waals surface area contributed by atoms with Gasteiger partial charge in [-0.05, 0) is 37.5 Å². The number of hydrogen-bond acceptors (Lipinski definition) is 3. The van der Waals surface area contributed by atoms with Crippen molar-refractivity contribution >= 4 is 12.4 Å². The van der Waals surface area contributed by atoms with E-state index >= 15 is 0 Å². The zero-order valence-corrected chi connectivity index (χ0v) is 12.0. The molecule has 7 heteroatoms. The number of hydrogen-bond donors (Lipinski definition) is 0. The topological polar surface area (TPSA) is 46.6 Å². The van der Waals surface area contributed by atoms with E-state index in [4.69, 9.17) is 4.74 Å². The van der Waals surface area contributed by atoms with E-state index in [1.165, 1.54) is 17.0 Å². The summed E-state index contributed by atoms with van der Waals surface area (Å²) in [6, 6.07) is 4.53. The van der Waals surface area contributed by atoms with E-state index in [0.29, 0.717) is 24.8 Å². The summed E-state index contributed by atoms with van der Waals surface area (Å²) in [6.07, 6.45) is -2.84. The summed E-state index contributed by atoms with van der Waals surface area (Å²) < 4.78 is 42.5. The molecule has 0 radical (unpaired) electrons. The maximum Gasteiger partial charge on any atom is 0.416 e. The second-order valence-corrected chi connectivity index (χ2v) is 5.18. The van der Waals surface area contributed by atoms with Crippen molar-refractivity contribution in [3.63, 3.8) is 0 Å². The summed E-state index contributed by atoms with van der Waals surface area (Å²) in [5.41, 5.74) is -1.18. The van der Waals surface area contributed by atoms with Crippen molar-refractivity contribution in [1.29, 1.82) is 0 Å². The fourth-order valence-corrected chi connectivity index (χ4v) is 2.28. The summed E-state index contributed by atoms with van der Waals surface area (Å²) in [4.78, 5) is 24.5. The molecule has 0 bridgehead atoms. The molecule has 1 aliphatic carbocycles. The quantitative estimate of drug-likeness (QED) is 0.599. The fourth-order valence-electron chi connectivity index (χ4n) is 2.28. The first-order valence-corrected chi connectivity index (χ1v) is 6.89. The third-order valence-electron chi connectivity index (χ3n) is 3.69. The molecule has 4 nitrogen and oxygen atoms in total. The van der Waals surface area contributed by atoms with Crippen LogP contribution in [0.5, 0.6) is 0 Å². The highest BCUT2D eigenvalue weighted by atomic mass is 19.4. The van der Waals surface area contributed by atoms with Gasteiger partial charge < -0.3 is 9.64 Å². The molecule has 0 aromatic heterocycles. The maximum absolute atomic E-state index is 12.5. The molecule has 1 fully saturated rings. The minimum atomic E-state index is -4.40. The van der Waals surface area contributed by atoms with E-state index in [1.807, 2.05) is 0 Å². The van der Waals surface area contributed by atoms with Crippen LogP contribution < -0.4 is 0 Å². The van der Waals surface area contributed by atoms with E-state index < -0.39 is 23.2 Å². The number of amides is 1. The number of carbonyl (C=O) groups excluding carboxylic acids is 2. The van der Waals surface area contributed by atoms with Crippen LogP contribution in [0.4, 0.5) is 13.2 Å². The summed E-state index contributed by atoms with van der Waals surface area (Å²) in [7, 11) is 0. The Morgan fingerprint density at radius 3 is 2.32 bits per heavy atom. The van der Waals surface area contributed by atoms with Crippen molar-refractivity contribution in [3.05, 3.63) is 35.4 Å². The molecule has 1 saturated carbocycles. The molecule has 120 valence electrons. The molecule has 1 amide bonds. The number of ether oxygens (including phenoxy) is 1. The van der Waals surface area contributed by atoms with Crippen LogP contribution in [0.3, 0.4) is 0 Å². The lowest BCUT2D eigenvalue weighted by molar-refractivity contribution is -0.154. The molecule has 0 aliphatic heterocycles. The van der Waals surface area contributed by atoms with Gasteiger partial charge in [-0.3, -0.25) is 4.79 Å². The first-order valence-electron chi connectivity index (χ1n) is 6.89. The van der Waals surface area contributed by atoms with Crippen LogP contribution in [-0.2, 0) is 27.0 Å². The van der Waals surface area contributed by atoms with Gasteiger partial charge in [-0.15, -0.1) is 0 Å². The van der Waals surface area contributed by atoms with Gasteiger partial charge in [0.15, 0.2) is 0 Å². The molecule has 1 aliphatic rings. The molecule has 2 rings (SSSR count). The Labute approximate surface area is 125 Å². The molecule has 0 atom stereocenters. The number of carbonyl (C=O) groups is 2. The van der Waals surface area contributed by atoms with Crippen molar-refractivity contribution < 1.29 is 27.5 Å². The van der Waals surface area contributed by atoms with Gasteiger partial charge >= 0.3 is 12.1 Å². The second-order valence-electron chi connectivity index (χ2n) is 5.18.